The molecule has 0 spiro atoms. The van der Waals surface area contributed by atoms with Gasteiger partial charge in [0.15, 0.2) is 0 Å². The summed E-state index contributed by atoms with van der Waals surface area (Å²) < 4.78 is 6.20. The van der Waals surface area contributed by atoms with Crippen LogP contribution in [-0.4, -0.2) is 71.1 Å². The molecule has 6 aliphatic rings. The number of amides is 1. The molecule has 11 atom stereocenters. The number of carbonyl (C=O) groups is 3. The maximum absolute atomic E-state index is 14.3. The number of hydrogen-bond donors (Lipinski definition) is 1. The summed E-state index contributed by atoms with van der Waals surface area (Å²) in [4.78, 5) is 43.9. The van der Waals surface area contributed by atoms with E-state index < -0.39 is 11.4 Å². The van der Waals surface area contributed by atoms with Gasteiger partial charge in [0.05, 0.1) is 11.8 Å². The van der Waals surface area contributed by atoms with E-state index in [1.165, 1.54) is 44.1 Å². The number of carbonyl (C=O) groups excluding carboxylic acids is 2. The highest BCUT2D eigenvalue weighted by molar-refractivity contribution is 5.81. The zero-order valence-electron chi connectivity index (χ0n) is 34.7. The topological polar surface area (TPSA) is 87.2 Å². The van der Waals surface area contributed by atoms with Crippen molar-refractivity contribution in [2.75, 3.05) is 26.2 Å². The second-order valence-corrected chi connectivity index (χ2v) is 20.9. The van der Waals surface area contributed by atoms with Crippen LogP contribution in [0.3, 0.4) is 0 Å². The molecule has 1 saturated heterocycles. The van der Waals surface area contributed by atoms with Crippen molar-refractivity contribution in [2.24, 2.45) is 62.1 Å². The van der Waals surface area contributed by atoms with E-state index in [-0.39, 0.29) is 45.6 Å². The van der Waals surface area contributed by atoms with Crippen LogP contribution >= 0.6 is 0 Å². The highest BCUT2D eigenvalue weighted by Crippen LogP contribution is 2.78. The van der Waals surface area contributed by atoms with Crippen molar-refractivity contribution in [1.29, 1.82) is 0 Å². The van der Waals surface area contributed by atoms with E-state index in [0.29, 0.717) is 41.5 Å². The minimum atomic E-state index is -1.14. The lowest BCUT2D eigenvalue weighted by Crippen LogP contribution is -2.67. The van der Waals surface area contributed by atoms with Crippen LogP contribution in [0.15, 0.2) is 12.2 Å². The average Bonchev–Trinajstić information content (AvgIpc) is 3.69. The molecule has 1 aliphatic heterocycles. The van der Waals surface area contributed by atoms with Gasteiger partial charge in [-0.1, -0.05) is 60.6 Å². The number of likely N-dealkylation sites (N-methyl/N-ethyl adjacent to an activating group) is 1. The fraction of sp³-hybridized carbons (Fsp3) is 0.889. The summed E-state index contributed by atoms with van der Waals surface area (Å²) in [6, 6.07) is 0.497. The third-order valence-corrected chi connectivity index (χ3v) is 18.0. The van der Waals surface area contributed by atoms with Gasteiger partial charge in [-0.2, -0.15) is 0 Å². The first-order chi connectivity index (χ1) is 24.2. The standard InChI is InChI=1S/C45H74N2O5/c1-12-46(13-2)30-19-25-47(28-30)36(48)26-45-22-16-31(29(3)4)38(45)32-14-15-34-42(9)20-18-35(52-37(49)27-40(5,6)39(50)51)41(7,8)33(42)17-21-44(34,11)43(32,10)23-24-45/h30-35,38H,3,12-28H2,1-2,4-11H3,(H,50,51)/t30-,31+,32-,33+,34-,35+,38-,42+,43-,44-,45-/m1/s1. The first-order valence-electron chi connectivity index (χ1n) is 21.3. The normalized spacial score (nSPS) is 42.5. The highest BCUT2D eigenvalue weighted by Gasteiger charge is 2.71. The average molecular weight is 723 g/mol. The van der Waals surface area contributed by atoms with Gasteiger partial charge in [-0.3, -0.25) is 19.3 Å². The van der Waals surface area contributed by atoms with Gasteiger partial charge < -0.3 is 14.7 Å². The fourth-order valence-corrected chi connectivity index (χ4v) is 14.8. The number of carboxylic acid groups (broad SMARTS) is 1. The Bertz CT molecular complexity index is 1420. The molecular formula is C45H74N2O5. The molecule has 1 N–H and O–H groups in total. The molecular weight excluding hydrogens is 649 g/mol. The number of likely N-dealkylation sites (tertiary alicyclic amines) is 1. The van der Waals surface area contributed by atoms with E-state index >= 15 is 0 Å². The first-order valence-corrected chi connectivity index (χ1v) is 21.3. The van der Waals surface area contributed by atoms with Gasteiger partial charge >= 0.3 is 11.9 Å². The predicted octanol–water partition coefficient (Wildman–Crippen LogP) is 9.39. The van der Waals surface area contributed by atoms with Crippen molar-refractivity contribution in [2.45, 2.75) is 165 Å². The number of hydrogen-bond acceptors (Lipinski definition) is 5. The van der Waals surface area contributed by atoms with Crippen LogP contribution in [-0.2, 0) is 19.1 Å². The number of rotatable bonds is 10. The second kappa shape index (κ2) is 13.7. The summed E-state index contributed by atoms with van der Waals surface area (Å²) in [5.74, 6) is 1.72. The SMILES string of the molecule is C=C(C)[C@@H]1CC[C@]2(CC(=O)N3CC[C@@H](N(CC)CC)C3)CC[C@]3(C)[C@H](CC[C@@H]4[C@@]5(C)CC[C@H](OC(=O)CC(C)(C)C(=O)O)C(C)(C)[C@@H]5CC[C@]43C)[C@@H]12. The van der Waals surface area contributed by atoms with Crippen LogP contribution in [0.1, 0.15) is 153 Å². The van der Waals surface area contributed by atoms with Crippen molar-refractivity contribution in [3.8, 4) is 0 Å². The van der Waals surface area contributed by atoms with E-state index in [0.717, 1.165) is 64.7 Å². The Hall–Kier alpha value is -1.89. The monoisotopic (exact) mass is 723 g/mol. The molecule has 1 heterocycles. The Morgan fingerprint density at radius 2 is 1.56 bits per heavy atom. The molecule has 5 saturated carbocycles. The lowest BCUT2D eigenvalue weighted by atomic mass is 9.32. The molecule has 0 unspecified atom stereocenters. The van der Waals surface area contributed by atoms with Crippen LogP contribution in [0.2, 0.25) is 0 Å². The minimum Gasteiger partial charge on any atom is -0.481 e. The number of carboxylic acids is 1. The van der Waals surface area contributed by atoms with Gasteiger partial charge in [0.25, 0.3) is 0 Å². The zero-order chi connectivity index (χ0) is 38.2. The van der Waals surface area contributed by atoms with E-state index in [1.54, 1.807) is 13.8 Å². The van der Waals surface area contributed by atoms with Crippen LogP contribution in [0.5, 0.6) is 0 Å². The fourth-order valence-electron chi connectivity index (χ4n) is 14.8. The highest BCUT2D eigenvalue weighted by atomic mass is 16.5. The molecule has 1 amide bonds. The molecule has 6 rings (SSSR count). The van der Waals surface area contributed by atoms with Gasteiger partial charge in [-0.05, 0) is 156 Å². The Balaban J connectivity index is 1.23. The minimum absolute atomic E-state index is 0.0849. The summed E-state index contributed by atoms with van der Waals surface area (Å²) in [7, 11) is 0. The summed E-state index contributed by atoms with van der Waals surface area (Å²) in [6.45, 7) is 31.0. The number of allylic oxidation sites excluding steroid dienone is 1. The van der Waals surface area contributed by atoms with Gasteiger partial charge in [0, 0.05) is 31.0 Å². The third-order valence-electron chi connectivity index (χ3n) is 18.0. The van der Waals surface area contributed by atoms with Gasteiger partial charge in [0.2, 0.25) is 5.91 Å². The Kier molecular flexibility index (Phi) is 10.5. The van der Waals surface area contributed by atoms with Crippen molar-refractivity contribution >= 4 is 17.8 Å². The molecule has 7 nitrogen and oxygen atoms in total. The number of esters is 1. The van der Waals surface area contributed by atoms with Crippen LogP contribution in [0, 0.1) is 62.1 Å². The Morgan fingerprint density at radius 1 is 0.865 bits per heavy atom. The molecule has 294 valence electrons. The summed E-state index contributed by atoms with van der Waals surface area (Å²) in [5.41, 5.74) is 0.651. The lowest BCUT2D eigenvalue weighted by molar-refractivity contribution is -0.250. The van der Waals surface area contributed by atoms with E-state index in [2.05, 4.69) is 71.8 Å². The molecule has 7 heteroatoms. The molecule has 52 heavy (non-hydrogen) atoms. The van der Waals surface area contributed by atoms with E-state index in [9.17, 15) is 19.5 Å². The quantitative estimate of drug-likeness (QED) is 0.179. The van der Waals surface area contributed by atoms with Gasteiger partial charge in [-0.15, -0.1) is 0 Å². The van der Waals surface area contributed by atoms with Gasteiger partial charge in [-0.25, -0.2) is 0 Å². The molecule has 0 aromatic carbocycles. The first kappa shape index (κ1) is 39.8. The second-order valence-electron chi connectivity index (χ2n) is 20.9. The zero-order valence-corrected chi connectivity index (χ0v) is 34.7. The third kappa shape index (κ3) is 6.12. The number of aliphatic carboxylic acids is 1. The largest absolute Gasteiger partial charge is 0.481 e. The van der Waals surface area contributed by atoms with Crippen molar-refractivity contribution < 1.29 is 24.2 Å². The molecule has 0 aromatic rings. The molecule has 0 radical (unpaired) electrons. The number of nitrogens with zero attached hydrogens (tertiary/aromatic N) is 2. The van der Waals surface area contributed by atoms with Crippen molar-refractivity contribution in [3.63, 3.8) is 0 Å². The summed E-state index contributed by atoms with van der Waals surface area (Å²) in [5, 5.41) is 9.62. The Morgan fingerprint density at radius 3 is 2.19 bits per heavy atom. The summed E-state index contributed by atoms with van der Waals surface area (Å²) in [6.07, 6.45) is 12.9. The lowest BCUT2D eigenvalue weighted by Gasteiger charge is -2.73. The Labute approximate surface area is 316 Å². The van der Waals surface area contributed by atoms with Crippen LogP contribution < -0.4 is 0 Å². The maximum atomic E-state index is 14.3. The van der Waals surface area contributed by atoms with E-state index in [1.807, 2.05) is 0 Å². The van der Waals surface area contributed by atoms with Crippen LogP contribution in [0.25, 0.3) is 0 Å². The molecule has 0 bridgehead atoms. The predicted molar refractivity (Wildman–Crippen MR) is 207 cm³/mol. The van der Waals surface area contributed by atoms with Crippen molar-refractivity contribution in [3.05, 3.63) is 12.2 Å². The van der Waals surface area contributed by atoms with Crippen LogP contribution in [0.4, 0.5) is 0 Å². The molecule has 5 aliphatic carbocycles. The summed E-state index contributed by atoms with van der Waals surface area (Å²) >= 11 is 0. The van der Waals surface area contributed by atoms with Crippen molar-refractivity contribution in [1.82, 2.24) is 9.80 Å². The van der Waals surface area contributed by atoms with E-state index in [4.69, 9.17) is 4.74 Å². The molecule has 0 aromatic heterocycles. The maximum Gasteiger partial charge on any atom is 0.309 e. The van der Waals surface area contributed by atoms with Gasteiger partial charge in [0.1, 0.15) is 6.10 Å². The number of ether oxygens (including phenoxy) is 1. The number of fused-ring (bicyclic) bond motifs is 7. The molecule has 6 fully saturated rings. The smallest absolute Gasteiger partial charge is 0.309 e.